The van der Waals surface area contributed by atoms with Gasteiger partial charge >= 0.3 is 6.09 Å². The quantitative estimate of drug-likeness (QED) is 0.737. The largest absolute Gasteiger partial charge is 0.508 e. The number of rotatable bonds is 4. The van der Waals surface area contributed by atoms with Crippen molar-refractivity contribution >= 4 is 12.0 Å². The Kier molecular flexibility index (Phi) is 5.29. The normalized spacial score (nSPS) is 21.2. The van der Waals surface area contributed by atoms with Crippen molar-refractivity contribution in [1.29, 1.82) is 0 Å². The lowest BCUT2D eigenvalue weighted by Crippen LogP contribution is -2.30. The maximum atomic E-state index is 11.9. The van der Waals surface area contributed by atoms with Crippen molar-refractivity contribution in [3.05, 3.63) is 59.2 Å². The van der Waals surface area contributed by atoms with Crippen LogP contribution in [-0.4, -0.2) is 46.8 Å². The van der Waals surface area contributed by atoms with Crippen molar-refractivity contribution in [3.63, 3.8) is 0 Å². The zero-order valence-electron chi connectivity index (χ0n) is 16.0. The number of nitrogens with zero attached hydrogens (tertiary/aromatic N) is 1. The maximum absolute atomic E-state index is 11.9. The third-order valence-electron chi connectivity index (χ3n) is 5.87. The average molecular weight is 396 g/mol. The summed E-state index contributed by atoms with van der Waals surface area (Å²) in [7, 11) is 0. The highest BCUT2D eigenvalue weighted by Crippen LogP contribution is 2.35. The minimum absolute atomic E-state index is 0.0843. The molecular weight excluding hydrogens is 372 g/mol. The van der Waals surface area contributed by atoms with Gasteiger partial charge < -0.3 is 25.2 Å². The van der Waals surface area contributed by atoms with Crippen LogP contribution in [0.3, 0.4) is 0 Å². The van der Waals surface area contributed by atoms with E-state index in [0.717, 1.165) is 11.1 Å². The van der Waals surface area contributed by atoms with Crippen LogP contribution in [0.1, 0.15) is 40.2 Å². The fourth-order valence-electron chi connectivity index (χ4n) is 4.20. The number of carboxylic acid groups (broad SMARTS) is 1. The zero-order valence-corrected chi connectivity index (χ0v) is 16.0. The highest BCUT2D eigenvalue weighted by atomic mass is 16.5. The van der Waals surface area contributed by atoms with E-state index in [9.17, 15) is 19.8 Å². The molecule has 0 bridgehead atoms. The Labute approximate surface area is 168 Å². The smallest absolute Gasteiger partial charge is 0.407 e. The Morgan fingerprint density at radius 2 is 1.90 bits per heavy atom. The van der Waals surface area contributed by atoms with E-state index in [4.69, 9.17) is 4.74 Å². The highest BCUT2D eigenvalue weighted by molar-refractivity contribution is 5.98. The molecule has 4 rings (SSSR count). The number of hydrogen-bond donors (Lipinski definition) is 3. The first-order chi connectivity index (χ1) is 14.0. The second kappa shape index (κ2) is 8.03. The molecule has 2 heterocycles. The number of ether oxygens (including phenoxy) is 1. The van der Waals surface area contributed by atoms with Crippen LogP contribution in [0.15, 0.2) is 42.5 Å². The summed E-state index contributed by atoms with van der Waals surface area (Å²) in [5.41, 5.74) is 2.68. The molecule has 1 fully saturated rings. The van der Waals surface area contributed by atoms with Gasteiger partial charge in [0.2, 0.25) is 0 Å². The molecule has 7 heteroatoms. The van der Waals surface area contributed by atoms with Gasteiger partial charge in [0, 0.05) is 31.1 Å². The summed E-state index contributed by atoms with van der Waals surface area (Å²) >= 11 is 0. The number of carbonyl (C=O) groups excluding carboxylic acids is 1. The van der Waals surface area contributed by atoms with E-state index >= 15 is 0 Å². The van der Waals surface area contributed by atoms with Gasteiger partial charge in [-0.3, -0.25) is 4.79 Å². The Morgan fingerprint density at radius 1 is 1.14 bits per heavy atom. The number of carbonyl (C=O) groups is 2. The lowest BCUT2D eigenvalue weighted by molar-refractivity contribution is 0.0965. The molecule has 0 radical (unpaired) electrons. The summed E-state index contributed by atoms with van der Waals surface area (Å²) in [4.78, 5) is 24.8. The van der Waals surface area contributed by atoms with Crippen molar-refractivity contribution < 1.29 is 24.5 Å². The van der Waals surface area contributed by atoms with Crippen LogP contribution in [0.2, 0.25) is 0 Å². The van der Waals surface area contributed by atoms with Gasteiger partial charge in [-0.2, -0.15) is 0 Å². The van der Waals surface area contributed by atoms with E-state index in [1.165, 1.54) is 4.90 Å². The zero-order chi connectivity index (χ0) is 20.4. The molecule has 2 atom stereocenters. The van der Waals surface area contributed by atoms with Crippen molar-refractivity contribution in [1.82, 2.24) is 10.2 Å². The predicted molar refractivity (Wildman–Crippen MR) is 106 cm³/mol. The maximum Gasteiger partial charge on any atom is 0.407 e. The molecule has 0 unspecified atom stereocenters. The summed E-state index contributed by atoms with van der Waals surface area (Å²) in [5, 5.41) is 21.8. The highest BCUT2D eigenvalue weighted by Gasteiger charge is 2.30. The monoisotopic (exact) mass is 396 g/mol. The van der Waals surface area contributed by atoms with Gasteiger partial charge in [-0.15, -0.1) is 0 Å². The summed E-state index contributed by atoms with van der Waals surface area (Å²) < 4.78 is 6.05. The van der Waals surface area contributed by atoms with Crippen LogP contribution in [0.4, 0.5) is 4.79 Å². The first-order valence-electron chi connectivity index (χ1n) is 9.82. The third-order valence-corrected chi connectivity index (χ3v) is 5.87. The average Bonchev–Trinajstić information content (AvgIpc) is 2.95. The molecule has 7 nitrogen and oxygen atoms in total. The van der Waals surface area contributed by atoms with Crippen molar-refractivity contribution in [2.45, 2.75) is 25.3 Å². The fourth-order valence-corrected chi connectivity index (χ4v) is 4.20. The summed E-state index contributed by atoms with van der Waals surface area (Å²) in [5.74, 6) is 1.01. The van der Waals surface area contributed by atoms with E-state index in [-0.39, 0.29) is 23.5 Å². The number of phenolic OH excluding ortho intramolecular Hbond substituents is 1. The van der Waals surface area contributed by atoms with Crippen LogP contribution >= 0.6 is 0 Å². The molecule has 29 heavy (non-hydrogen) atoms. The molecule has 0 saturated carbocycles. The molecule has 2 aromatic carbocycles. The van der Waals surface area contributed by atoms with Crippen LogP contribution in [0.25, 0.3) is 0 Å². The number of amides is 2. The second-order valence-corrected chi connectivity index (χ2v) is 7.62. The van der Waals surface area contributed by atoms with E-state index in [2.05, 4.69) is 5.32 Å². The number of hydrogen-bond acceptors (Lipinski definition) is 4. The molecule has 2 aromatic rings. The summed E-state index contributed by atoms with van der Waals surface area (Å²) in [6.45, 7) is 1.91. The first-order valence-corrected chi connectivity index (χ1v) is 9.82. The molecule has 2 aliphatic rings. The molecule has 0 aliphatic carbocycles. The molecule has 3 N–H and O–H groups in total. The van der Waals surface area contributed by atoms with Crippen LogP contribution in [0, 0.1) is 5.92 Å². The van der Waals surface area contributed by atoms with Crippen LogP contribution in [0.5, 0.6) is 11.5 Å². The molecule has 2 amide bonds. The van der Waals surface area contributed by atoms with Gasteiger partial charge in [-0.1, -0.05) is 18.2 Å². The molecule has 0 aromatic heterocycles. The molecular formula is C22H24N2O5. The Balaban J connectivity index is 1.52. The number of fused-ring (bicyclic) bond motifs is 1. The lowest BCUT2D eigenvalue weighted by atomic mass is 9.83. The number of nitrogens with one attached hydrogen (secondary N) is 1. The van der Waals surface area contributed by atoms with Gasteiger partial charge in [-0.05, 0) is 54.2 Å². The van der Waals surface area contributed by atoms with Gasteiger partial charge in [0.25, 0.3) is 5.91 Å². The summed E-state index contributed by atoms with van der Waals surface area (Å²) in [6.07, 6.45) is 0.474. The first kappa shape index (κ1) is 19.1. The molecule has 2 aliphatic heterocycles. The van der Waals surface area contributed by atoms with Crippen molar-refractivity contribution in [2.75, 3.05) is 19.7 Å². The SMILES string of the molecule is O=C1NCc2ccc(OC[C@@H]3CCN(C(=O)O)CC[C@@H]3c3ccc(O)cc3)cc21. The van der Waals surface area contributed by atoms with E-state index in [1.807, 2.05) is 24.3 Å². The number of likely N-dealkylation sites (tertiary alicyclic amines) is 1. The van der Waals surface area contributed by atoms with Crippen LogP contribution < -0.4 is 10.1 Å². The lowest BCUT2D eigenvalue weighted by Gasteiger charge is -2.25. The second-order valence-electron chi connectivity index (χ2n) is 7.62. The van der Waals surface area contributed by atoms with Gasteiger partial charge in [-0.25, -0.2) is 4.79 Å². The van der Waals surface area contributed by atoms with E-state index in [0.29, 0.717) is 50.4 Å². The van der Waals surface area contributed by atoms with E-state index in [1.54, 1.807) is 18.2 Å². The van der Waals surface area contributed by atoms with Gasteiger partial charge in [0.1, 0.15) is 11.5 Å². The Bertz CT molecular complexity index is 912. The molecule has 1 saturated heterocycles. The predicted octanol–water partition coefficient (Wildman–Crippen LogP) is 3.19. The number of aromatic hydroxyl groups is 1. The number of benzene rings is 2. The van der Waals surface area contributed by atoms with Gasteiger partial charge in [0.15, 0.2) is 0 Å². The minimum Gasteiger partial charge on any atom is -0.508 e. The topological polar surface area (TPSA) is 99.1 Å². The molecule has 152 valence electrons. The fraction of sp³-hybridized carbons (Fsp3) is 0.364. The van der Waals surface area contributed by atoms with Crippen molar-refractivity contribution in [2.24, 2.45) is 5.92 Å². The molecule has 0 spiro atoms. The van der Waals surface area contributed by atoms with Crippen molar-refractivity contribution in [3.8, 4) is 11.5 Å². The number of phenols is 1. The Hall–Kier alpha value is -3.22. The van der Waals surface area contributed by atoms with Crippen LogP contribution in [-0.2, 0) is 6.54 Å². The third kappa shape index (κ3) is 4.13. The van der Waals surface area contributed by atoms with E-state index < -0.39 is 6.09 Å². The summed E-state index contributed by atoms with van der Waals surface area (Å²) in [6, 6.07) is 12.6. The Morgan fingerprint density at radius 3 is 2.66 bits per heavy atom. The minimum atomic E-state index is -0.902. The standard InChI is InChI=1S/C22H24N2O5/c25-17-4-1-14(2-5-17)19-8-10-24(22(27)28)9-7-16(19)13-29-18-6-3-15-12-23-21(26)20(15)11-18/h1-6,11,16,19,25H,7-10,12-13H2,(H,23,26)(H,27,28)/t16-,19+/m0/s1. The van der Waals surface area contributed by atoms with Gasteiger partial charge in [0.05, 0.1) is 6.61 Å².